The Bertz CT molecular complexity index is 258. The van der Waals surface area contributed by atoms with Crippen molar-refractivity contribution < 1.29 is 0 Å². The summed E-state index contributed by atoms with van der Waals surface area (Å²) < 4.78 is 0. The average Bonchev–Trinajstić information content (AvgIpc) is 2.16. The predicted molar refractivity (Wildman–Crippen MR) is 58.7 cm³/mol. The van der Waals surface area contributed by atoms with Crippen molar-refractivity contribution in [3.63, 3.8) is 0 Å². The largest absolute Gasteiger partial charge is 0.302 e. The van der Waals surface area contributed by atoms with Crippen LogP contribution in [0.25, 0.3) is 0 Å². The Hall–Kier alpha value is -1.08. The fraction of sp³-hybridized carbons (Fsp3) is 0.333. The first-order valence-electron chi connectivity index (χ1n) is 4.60. The molecule has 0 spiro atoms. The van der Waals surface area contributed by atoms with Gasteiger partial charge in [-0.1, -0.05) is 37.5 Å². The minimum absolute atomic E-state index is 1.01. The highest BCUT2D eigenvalue weighted by atomic mass is 15.1. The first-order valence-corrected chi connectivity index (χ1v) is 4.60. The van der Waals surface area contributed by atoms with Gasteiger partial charge in [-0.2, -0.15) is 0 Å². The van der Waals surface area contributed by atoms with E-state index in [4.69, 9.17) is 0 Å². The zero-order valence-corrected chi connectivity index (χ0v) is 8.29. The molecule has 1 nitrogen and oxygen atoms in total. The second-order valence-corrected chi connectivity index (χ2v) is 3.34. The summed E-state index contributed by atoms with van der Waals surface area (Å²) in [6.07, 6.45) is 9.01. The number of allylic oxidation sites excluding steroid dienone is 3. The van der Waals surface area contributed by atoms with Gasteiger partial charge < -0.3 is 4.90 Å². The SMILES string of the molecule is C=C/C=C\C1=C(C=C)CN(C)CC1. The third kappa shape index (κ3) is 2.71. The van der Waals surface area contributed by atoms with E-state index in [1.54, 1.807) is 0 Å². The Morgan fingerprint density at radius 3 is 2.69 bits per heavy atom. The van der Waals surface area contributed by atoms with Crippen LogP contribution in [0.2, 0.25) is 0 Å². The van der Waals surface area contributed by atoms with E-state index in [1.165, 1.54) is 11.1 Å². The highest BCUT2D eigenvalue weighted by molar-refractivity contribution is 5.36. The molecular formula is C12H17N. The van der Waals surface area contributed by atoms with Crippen molar-refractivity contribution in [2.45, 2.75) is 6.42 Å². The van der Waals surface area contributed by atoms with Crippen molar-refractivity contribution in [2.24, 2.45) is 0 Å². The van der Waals surface area contributed by atoms with E-state index in [9.17, 15) is 0 Å². The van der Waals surface area contributed by atoms with Crippen LogP contribution in [-0.2, 0) is 0 Å². The highest BCUT2D eigenvalue weighted by Crippen LogP contribution is 2.18. The molecule has 0 fully saturated rings. The Morgan fingerprint density at radius 1 is 1.31 bits per heavy atom. The van der Waals surface area contributed by atoms with Crippen LogP contribution in [0.1, 0.15) is 6.42 Å². The van der Waals surface area contributed by atoms with Crippen molar-refractivity contribution in [3.8, 4) is 0 Å². The van der Waals surface area contributed by atoms with Crippen LogP contribution in [0, 0.1) is 0 Å². The summed E-state index contributed by atoms with van der Waals surface area (Å²) in [6.45, 7) is 9.65. The van der Waals surface area contributed by atoms with Crippen LogP contribution >= 0.6 is 0 Å². The second-order valence-electron chi connectivity index (χ2n) is 3.34. The molecule has 0 unspecified atom stereocenters. The molecule has 1 aliphatic heterocycles. The zero-order valence-electron chi connectivity index (χ0n) is 8.29. The Kier molecular flexibility index (Phi) is 3.71. The van der Waals surface area contributed by atoms with Crippen molar-refractivity contribution in [1.82, 2.24) is 4.90 Å². The molecule has 0 bridgehead atoms. The maximum absolute atomic E-state index is 3.83. The number of likely N-dealkylation sites (N-methyl/N-ethyl adjacent to an activating group) is 1. The van der Waals surface area contributed by atoms with E-state index >= 15 is 0 Å². The van der Waals surface area contributed by atoms with Gasteiger partial charge in [-0.05, 0) is 24.6 Å². The Balaban J connectivity index is 2.82. The summed E-state index contributed by atoms with van der Waals surface area (Å²) >= 11 is 0. The maximum Gasteiger partial charge on any atom is 0.0233 e. The summed E-state index contributed by atoms with van der Waals surface area (Å²) in [7, 11) is 2.14. The lowest BCUT2D eigenvalue weighted by atomic mass is 10.00. The Labute approximate surface area is 80.7 Å². The lowest BCUT2D eigenvalue weighted by Gasteiger charge is -2.24. The maximum atomic E-state index is 3.83. The van der Waals surface area contributed by atoms with Crippen molar-refractivity contribution in [1.29, 1.82) is 0 Å². The van der Waals surface area contributed by atoms with E-state index < -0.39 is 0 Å². The summed E-state index contributed by atoms with van der Waals surface area (Å²) in [5.74, 6) is 0. The lowest BCUT2D eigenvalue weighted by molar-refractivity contribution is 0.354. The van der Waals surface area contributed by atoms with Gasteiger partial charge >= 0.3 is 0 Å². The molecule has 0 saturated carbocycles. The van der Waals surface area contributed by atoms with Gasteiger partial charge in [0.2, 0.25) is 0 Å². The number of hydrogen-bond donors (Lipinski definition) is 0. The van der Waals surface area contributed by atoms with E-state index in [1.807, 2.05) is 18.2 Å². The van der Waals surface area contributed by atoms with Gasteiger partial charge in [0.1, 0.15) is 0 Å². The van der Waals surface area contributed by atoms with Gasteiger partial charge in [0, 0.05) is 13.1 Å². The number of hydrogen-bond acceptors (Lipinski definition) is 1. The summed E-state index contributed by atoms with van der Waals surface area (Å²) in [5, 5.41) is 0. The van der Waals surface area contributed by atoms with Gasteiger partial charge in [-0.15, -0.1) is 0 Å². The van der Waals surface area contributed by atoms with E-state index in [2.05, 4.69) is 31.2 Å². The summed E-state index contributed by atoms with van der Waals surface area (Å²) in [5.41, 5.74) is 2.74. The smallest absolute Gasteiger partial charge is 0.0233 e. The summed E-state index contributed by atoms with van der Waals surface area (Å²) in [6, 6.07) is 0. The minimum atomic E-state index is 1.01. The number of nitrogens with zero attached hydrogens (tertiary/aromatic N) is 1. The first kappa shape index (κ1) is 10.0. The molecular weight excluding hydrogens is 158 g/mol. The van der Waals surface area contributed by atoms with Gasteiger partial charge in [0.05, 0.1) is 0 Å². The van der Waals surface area contributed by atoms with Crippen molar-refractivity contribution in [3.05, 3.63) is 48.6 Å². The minimum Gasteiger partial charge on any atom is -0.302 e. The van der Waals surface area contributed by atoms with Crippen LogP contribution in [0.3, 0.4) is 0 Å². The molecule has 0 N–H and O–H groups in total. The molecule has 0 radical (unpaired) electrons. The molecule has 0 aromatic rings. The van der Waals surface area contributed by atoms with E-state index in [-0.39, 0.29) is 0 Å². The highest BCUT2D eigenvalue weighted by Gasteiger charge is 2.11. The molecule has 1 heteroatoms. The van der Waals surface area contributed by atoms with Gasteiger partial charge in [0.25, 0.3) is 0 Å². The molecule has 0 amide bonds. The van der Waals surface area contributed by atoms with Gasteiger partial charge in [-0.25, -0.2) is 0 Å². The topological polar surface area (TPSA) is 3.24 Å². The molecule has 0 saturated heterocycles. The van der Waals surface area contributed by atoms with Crippen molar-refractivity contribution >= 4 is 0 Å². The van der Waals surface area contributed by atoms with Gasteiger partial charge in [0.15, 0.2) is 0 Å². The fourth-order valence-corrected chi connectivity index (χ4v) is 1.51. The molecule has 70 valence electrons. The predicted octanol–water partition coefficient (Wildman–Crippen LogP) is 2.55. The molecule has 1 heterocycles. The first-order chi connectivity index (χ1) is 6.27. The quantitative estimate of drug-likeness (QED) is 0.596. The zero-order chi connectivity index (χ0) is 9.68. The third-order valence-corrected chi connectivity index (χ3v) is 2.30. The lowest BCUT2D eigenvalue weighted by Crippen LogP contribution is -2.26. The van der Waals surface area contributed by atoms with E-state index in [0.717, 1.165) is 19.5 Å². The monoisotopic (exact) mass is 175 g/mol. The average molecular weight is 175 g/mol. The number of rotatable bonds is 3. The summed E-state index contributed by atoms with van der Waals surface area (Å²) in [4.78, 5) is 2.31. The normalized spacial score (nSPS) is 19.5. The molecule has 0 aromatic heterocycles. The third-order valence-electron chi connectivity index (χ3n) is 2.30. The van der Waals surface area contributed by atoms with Crippen LogP contribution < -0.4 is 0 Å². The molecule has 0 atom stereocenters. The molecule has 0 aliphatic carbocycles. The Morgan fingerprint density at radius 2 is 2.08 bits per heavy atom. The molecule has 13 heavy (non-hydrogen) atoms. The van der Waals surface area contributed by atoms with Crippen LogP contribution in [-0.4, -0.2) is 25.0 Å². The van der Waals surface area contributed by atoms with E-state index in [0.29, 0.717) is 0 Å². The fourth-order valence-electron chi connectivity index (χ4n) is 1.51. The molecule has 0 aromatic carbocycles. The standard InChI is InChI=1S/C12H17N/c1-4-6-7-12-8-9-13(3)10-11(12)5-2/h4-7H,1-2,8-10H2,3H3/b7-6-. The molecule has 1 aliphatic rings. The van der Waals surface area contributed by atoms with Crippen molar-refractivity contribution in [2.75, 3.05) is 20.1 Å². The van der Waals surface area contributed by atoms with Gasteiger partial charge in [-0.3, -0.25) is 0 Å². The van der Waals surface area contributed by atoms with Crippen LogP contribution in [0.4, 0.5) is 0 Å². The second kappa shape index (κ2) is 4.83. The van der Waals surface area contributed by atoms with Crippen LogP contribution in [0.15, 0.2) is 48.6 Å². The van der Waals surface area contributed by atoms with Crippen LogP contribution in [0.5, 0.6) is 0 Å². The molecule has 1 rings (SSSR count).